The molecule has 0 saturated carbocycles. The summed E-state index contributed by atoms with van der Waals surface area (Å²) in [6.07, 6.45) is 5.49. The van der Waals surface area contributed by atoms with Crippen molar-refractivity contribution in [2.45, 2.75) is 46.0 Å². The van der Waals surface area contributed by atoms with Crippen LogP contribution in [0.25, 0.3) is 0 Å². The van der Waals surface area contributed by atoms with Gasteiger partial charge in [0.25, 0.3) is 0 Å². The molecule has 6 heteroatoms. The summed E-state index contributed by atoms with van der Waals surface area (Å²) >= 11 is 0. The Hall–Kier alpha value is -0.690. The van der Waals surface area contributed by atoms with E-state index in [0.29, 0.717) is 19.8 Å². The second-order valence-electron chi connectivity index (χ2n) is 5.41. The van der Waals surface area contributed by atoms with Crippen molar-refractivity contribution in [3.63, 3.8) is 0 Å². The van der Waals surface area contributed by atoms with Crippen LogP contribution >= 0.6 is 0 Å². The van der Waals surface area contributed by atoms with E-state index in [4.69, 9.17) is 19.3 Å². The Morgan fingerprint density at radius 1 is 0.913 bits per heavy atom. The third-order valence-corrected chi connectivity index (χ3v) is 3.45. The summed E-state index contributed by atoms with van der Waals surface area (Å²) in [5, 5.41) is 8.20. The van der Waals surface area contributed by atoms with E-state index in [1.54, 1.807) is 0 Å². The predicted molar refractivity (Wildman–Crippen MR) is 91.0 cm³/mol. The maximum atomic E-state index is 9.98. The summed E-state index contributed by atoms with van der Waals surface area (Å²) in [4.78, 5) is 12.5. The van der Waals surface area contributed by atoms with Crippen LogP contribution in [0, 0.1) is 0 Å². The van der Waals surface area contributed by atoms with Gasteiger partial charge < -0.3 is 24.2 Å². The number of rotatable bonds is 12. The number of ether oxygens (including phenoxy) is 3. The lowest BCUT2D eigenvalue weighted by atomic mass is 10.1. The number of hydrogen-bond acceptors (Lipinski definition) is 5. The van der Waals surface area contributed by atoms with Crippen molar-refractivity contribution in [3.05, 3.63) is 0 Å². The van der Waals surface area contributed by atoms with Gasteiger partial charge in [0.05, 0.1) is 26.2 Å². The van der Waals surface area contributed by atoms with E-state index in [9.17, 15) is 4.79 Å². The molecule has 1 N–H and O–H groups in total. The van der Waals surface area contributed by atoms with E-state index < -0.39 is 5.97 Å². The van der Waals surface area contributed by atoms with Crippen LogP contribution in [0.3, 0.4) is 0 Å². The normalized spacial score (nSPS) is 15.0. The first kappa shape index (κ1) is 22.3. The largest absolute Gasteiger partial charge is 0.481 e. The van der Waals surface area contributed by atoms with Gasteiger partial charge in [-0.1, -0.05) is 6.42 Å². The lowest BCUT2D eigenvalue weighted by Crippen LogP contribution is -2.31. The predicted octanol–water partition coefficient (Wildman–Crippen LogP) is 2.41. The lowest BCUT2D eigenvalue weighted by Gasteiger charge is -2.26. The van der Waals surface area contributed by atoms with Crippen molar-refractivity contribution in [2.75, 3.05) is 59.3 Å². The molecule has 138 valence electrons. The summed E-state index contributed by atoms with van der Waals surface area (Å²) < 4.78 is 15.2. The molecule has 0 bridgehead atoms. The second-order valence-corrected chi connectivity index (χ2v) is 5.41. The van der Waals surface area contributed by atoms with Gasteiger partial charge in [0.1, 0.15) is 0 Å². The minimum absolute atomic E-state index is 0.0616. The van der Waals surface area contributed by atoms with Gasteiger partial charge in [-0.2, -0.15) is 0 Å². The van der Waals surface area contributed by atoms with Crippen molar-refractivity contribution in [3.8, 4) is 0 Å². The highest BCUT2D eigenvalue weighted by Crippen LogP contribution is 2.08. The first-order valence-electron chi connectivity index (χ1n) is 8.88. The van der Waals surface area contributed by atoms with Crippen LogP contribution in [0.1, 0.15) is 46.0 Å². The van der Waals surface area contributed by atoms with E-state index in [1.807, 2.05) is 6.92 Å². The molecule has 0 aliphatic carbocycles. The third kappa shape index (κ3) is 17.5. The molecule has 1 rings (SSSR count). The minimum Gasteiger partial charge on any atom is -0.481 e. The first-order chi connectivity index (χ1) is 11.2. The molecule has 1 aliphatic heterocycles. The van der Waals surface area contributed by atoms with E-state index in [-0.39, 0.29) is 13.0 Å². The van der Waals surface area contributed by atoms with Crippen LogP contribution in [0.15, 0.2) is 0 Å². The van der Waals surface area contributed by atoms with Crippen molar-refractivity contribution < 1.29 is 24.1 Å². The Labute approximate surface area is 141 Å². The maximum Gasteiger partial charge on any atom is 0.305 e. The molecule has 0 spiro atoms. The average molecular weight is 333 g/mol. The topological polar surface area (TPSA) is 68.2 Å². The van der Waals surface area contributed by atoms with Gasteiger partial charge >= 0.3 is 5.97 Å². The molecule has 0 aromatic carbocycles. The van der Waals surface area contributed by atoms with E-state index in [0.717, 1.165) is 13.2 Å². The molecule has 23 heavy (non-hydrogen) atoms. The molecule has 0 amide bonds. The van der Waals surface area contributed by atoms with Gasteiger partial charge in [-0.3, -0.25) is 4.79 Å². The molecule has 1 aliphatic rings. The number of carboxylic acid groups (broad SMARTS) is 1. The van der Waals surface area contributed by atoms with Crippen LogP contribution in [-0.4, -0.2) is 75.3 Å². The highest BCUT2D eigenvalue weighted by atomic mass is 16.5. The van der Waals surface area contributed by atoms with Crippen molar-refractivity contribution in [2.24, 2.45) is 0 Å². The van der Waals surface area contributed by atoms with Crippen LogP contribution < -0.4 is 0 Å². The fourth-order valence-corrected chi connectivity index (χ4v) is 2.24. The maximum absolute atomic E-state index is 9.98. The van der Waals surface area contributed by atoms with Gasteiger partial charge in [-0.05, 0) is 46.2 Å². The molecule has 6 nitrogen and oxygen atoms in total. The molecule has 1 heterocycles. The summed E-state index contributed by atoms with van der Waals surface area (Å²) in [5.74, 6) is -0.832. The van der Waals surface area contributed by atoms with E-state index in [1.165, 1.54) is 45.3 Å². The van der Waals surface area contributed by atoms with Gasteiger partial charge in [0.15, 0.2) is 0 Å². The Bertz CT molecular complexity index is 257. The highest BCUT2D eigenvalue weighted by molar-refractivity contribution is 5.66. The Balaban J connectivity index is 0.000000423. The summed E-state index contributed by atoms with van der Waals surface area (Å²) in [6.45, 7) is 11.6. The fourth-order valence-electron chi connectivity index (χ4n) is 2.24. The zero-order valence-electron chi connectivity index (χ0n) is 14.9. The lowest BCUT2D eigenvalue weighted by molar-refractivity contribution is -0.138. The standard InChI is InChI=1S/C10H21NO.C7H14O4/c1-2-12-10-6-9-11-7-4-3-5-8-11;1-2-10-5-6-11-4-3-7(8)9/h2-10H2,1H3;2-6H2,1H3,(H,8,9). The van der Waals surface area contributed by atoms with Crippen LogP contribution in [0.2, 0.25) is 0 Å². The number of likely N-dealkylation sites (tertiary alicyclic amines) is 1. The summed E-state index contributed by atoms with van der Waals surface area (Å²) in [7, 11) is 0. The zero-order valence-corrected chi connectivity index (χ0v) is 14.9. The molecule has 0 aromatic heterocycles. The molecular weight excluding hydrogens is 298 g/mol. The summed E-state index contributed by atoms with van der Waals surface area (Å²) in [5.41, 5.74) is 0. The van der Waals surface area contributed by atoms with Crippen LogP contribution in [0.4, 0.5) is 0 Å². The SMILES string of the molecule is CCOCCCN1CCCCC1.CCOCCOCCC(=O)O. The van der Waals surface area contributed by atoms with Crippen LogP contribution in [0.5, 0.6) is 0 Å². The number of carbonyl (C=O) groups is 1. The Kier molecular flexibility index (Phi) is 17.1. The molecule has 1 fully saturated rings. The minimum atomic E-state index is -0.832. The summed E-state index contributed by atoms with van der Waals surface area (Å²) in [6, 6.07) is 0. The van der Waals surface area contributed by atoms with E-state index >= 15 is 0 Å². The number of hydrogen-bond donors (Lipinski definition) is 1. The first-order valence-corrected chi connectivity index (χ1v) is 8.88. The van der Waals surface area contributed by atoms with Gasteiger partial charge in [-0.15, -0.1) is 0 Å². The van der Waals surface area contributed by atoms with Crippen LogP contribution in [-0.2, 0) is 19.0 Å². The number of piperidine rings is 1. The Morgan fingerprint density at radius 3 is 2.13 bits per heavy atom. The monoisotopic (exact) mass is 333 g/mol. The van der Waals surface area contributed by atoms with Gasteiger partial charge in [0.2, 0.25) is 0 Å². The van der Waals surface area contributed by atoms with Crippen molar-refractivity contribution in [1.82, 2.24) is 4.90 Å². The number of nitrogens with zero attached hydrogens (tertiary/aromatic N) is 1. The molecule has 0 aromatic rings. The smallest absolute Gasteiger partial charge is 0.305 e. The second kappa shape index (κ2) is 17.7. The Morgan fingerprint density at radius 2 is 1.52 bits per heavy atom. The number of carboxylic acids is 1. The molecule has 0 atom stereocenters. The third-order valence-electron chi connectivity index (χ3n) is 3.45. The fraction of sp³-hybridized carbons (Fsp3) is 0.941. The molecule has 0 unspecified atom stereocenters. The molecule has 1 saturated heterocycles. The van der Waals surface area contributed by atoms with Crippen molar-refractivity contribution >= 4 is 5.97 Å². The molecule has 0 radical (unpaired) electrons. The number of aliphatic carboxylic acids is 1. The zero-order chi connectivity index (χ0) is 17.2. The molecular formula is C17H35NO5. The highest BCUT2D eigenvalue weighted by Gasteiger charge is 2.08. The van der Waals surface area contributed by atoms with Gasteiger partial charge in [0, 0.05) is 26.4 Å². The van der Waals surface area contributed by atoms with E-state index in [2.05, 4.69) is 11.8 Å². The van der Waals surface area contributed by atoms with Crippen molar-refractivity contribution in [1.29, 1.82) is 0 Å². The average Bonchev–Trinajstić information content (AvgIpc) is 2.56. The van der Waals surface area contributed by atoms with Gasteiger partial charge in [-0.25, -0.2) is 0 Å². The quantitative estimate of drug-likeness (QED) is 0.553.